The van der Waals surface area contributed by atoms with Crippen LogP contribution in [-0.2, 0) is 16.1 Å². The number of imide groups is 1. The number of ether oxygens (including phenoxy) is 2. The monoisotopic (exact) mass is 439 g/mol. The molecule has 3 N–H and O–H groups in total. The minimum atomic E-state index is -0.748. The highest BCUT2D eigenvalue weighted by Crippen LogP contribution is 2.28. The number of rotatable bonds is 12. The lowest BCUT2D eigenvalue weighted by Crippen LogP contribution is -2.39. The summed E-state index contributed by atoms with van der Waals surface area (Å²) >= 11 is 1.64. The Labute approximate surface area is 180 Å². The quantitative estimate of drug-likeness (QED) is 0.418. The Balaban J connectivity index is 1.91. The third-order valence-corrected chi connectivity index (χ3v) is 5.46. The van der Waals surface area contributed by atoms with Gasteiger partial charge in [-0.15, -0.1) is 0 Å². The number of methoxy groups -OCH3 is 2. The summed E-state index contributed by atoms with van der Waals surface area (Å²) < 4.78 is 10.4. The smallest absolute Gasteiger partial charge is 0.325 e. The van der Waals surface area contributed by atoms with E-state index in [1.165, 1.54) is 14.2 Å². The summed E-state index contributed by atoms with van der Waals surface area (Å²) in [4.78, 5) is 38.2. The van der Waals surface area contributed by atoms with Crippen molar-refractivity contribution in [3.8, 4) is 11.5 Å². The lowest BCUT2D eigenvalue weighted by atomic mass is 10.1. The molecule has 1 saturated heterocycles. The second kappa shape index (κ2) is 11.7. The summed E-state index contributed by atoms with van der Waals surface area (Å²) in [6.45, 7) is -0.0422. The molecule has 1 aliphatic rings. The fraction of sp³-hybridized carbons (Fsp3) is 0.550. The maximum absolute atomic E-state index is 12.6. The summed E-state index contributed by atoms with van der Waals surface area (Å²) in [5.74, 6) is 1.27. The normalized spacial score (nSPS) is 16.9. The summed E-state index contributed by atoms with van der Waals surface area (Å²) in [7, 11) is 3.04. The standard InChI is InChI=1S/C20H29N3O6S/c1-28-16-6-4-13(10-17(16)29-2)11-23-19(26)15(22-20(23)27)5-7-18(25)21-14(12-24)8-9-30-3/h4,6,10,14-15,24H,5,7-9,11-12H2,1-3H3,(H,21,25)(H,22,27)/t14-,15-/m0/s1. The average molecular weight is 440 g/mol. The number of carbonyl (C=O) groups excluding carboxylic acids is 3. The number of benzene rings is 1. The van der Waals surface area contributed by atoms with E-state index < -0.39 is 12.1 Å². The highest BCUT2D eigenvalue weighted by Gasteiger charge is 2.38. The van der Waals surface area contributed by atoms with Crippen LogP contribution in [0.5, 0.6) is 11.5 Å². The fourth-order valence-electron chi connectivity index (χ4n) is 3.13. The number of aliphatic hydroxyl groups is 1. The molecule has 0 spiro atoms. The lowest BCUT2D eigenvalue weighted by molar-refractivity contribution is -0.128. The van der Waals surface area contributed by atoms with Gasteiger partial charge in [0, 0.05) is 6.42 Å². The molecular weight excluding hydrogens is 410 g/mol. The van der Waals surface area contributed by atoms with Gasteiger partial charge in [-0.1, -0.05) is 6.07 Å². The largest absolute Gasteiger partial charge is 0.493 e. The Morgan fingerprint density at radius 1 is 1.30 bits per heavy atom. The molecule has 30 heavy (non-hydrogen) atoms. The molecule has 1 aromatic carbocycles. The van der Waals surface area contributed by atoms with Crippen molar-refractivity contribution in [2.75, 3.05) is 32.8 Å². The minimum Gasteiger partial charge on any atom is -0.493 e. The number of carbonyl (C=O) groups is 3. The molecule has 166 valence electrons. The number of amides is 4. The van der Waals surface area contributed by atoms with Crippen molar-refractivity contribution >= 4 is 29.6 Å². The molecule has 2 atom stereocenters. The van der Waals surface area contributed by atoms with Crippen LogP contribution in [0.1, 0.15) is 24.8 Å². The number of nitrogens with one attached hydrogen (secondary N) is 2. The van der Waals surface area contributed by atoms with E-state index in [2.05, 4.69) is 10.6 Å². The van der Waals surface area contributed by atoms with Crippen molar-refractivity contribution < 1.29 is 29.0 Å². The maximum atomic E-state index is 12.6. The minimum absolute atomic E-state index is 0.0800. The molecule has 1 aliphatic heterocycles. The molecule has 0 saturated carbocycles. The van der Waals surface area contributed by atoms with Crippen LogP contribution >= 0.6 is 11.8 Å². The van der Waals surface area contributed by atoms with Crippen LogP contribution in [0.3, 0.4) is 0 Å². The van der Waals surface area contributed by atoms with Crippen molar-refractivity contribution in [1.82, 2.24) is 15.5 Å². The molecule has 2 rings (SSSR count). The zero-order chi connectivity index (χ0) is 22.1. The summed E-state index contributed by atoms with van der Waals surface area (Å²) in [5, 5.41) is 14.7. The molecule has 1 fully saturated rings. The zero-order valence-electron chi connectivity index (χ0n) is 17.5. The Hall–Kier alpha value is -2.46. The number of nitrogens with zero attached hydrogens (tertiary/aromatic N) is 1. The molecule has 0 radical (unpaired) electrons. The van der Waals surface area contributed by atoms with Gasteiger partial charge in [0.15, 0.2) is 11.5 Å². The second-order valence-electron chi connectivity index (χ2n) is 6.88. The molecule has 10 heteroatoms. The van der Waals surface area contributed by atoms with E-state index in [0.29, 0.717) is 23.5 Å². The molecule has 0 bridgehead atoms. The van der Waals surface area contributed by atoms with E-state index in [4.69, 9.17) is 9.47 Å². The first-order valence-corrected chi connectivity index (χ1v) is 11.0. The van der Waals surface area contributed by atoms with Gasteiger partial charge < -0.3 is 25.2 Å². The van der Waals surface area contributed by atoms with Gasteiger partial charge in [-0.25, -0.2) is 4.79 Å². The third kappa shape index (κ3) is 6.27. The fourth-order valence-corrected chi connectivity index (χ4v) is 3.65. The Kier molecular flexibility index (Phi) is 9.25. The van der Waals surface area contributed by atoms with E-state index in [9.17, 15) is 19.5 Å². The molecule has 9 nitrogen and oxygen atoms in total. The van der Waals surface area contributed by atoms with E-state index in [0.717, 1.165) is 10.7 Å². The molecule has 1 aromatic rings. The zero-order valence-corrected chi connectivity index (χ0v) is 18.3. The van der Waals surface area contributed by atoms with Crippen molar-refractivity contribution in [2.45, 2.75) is 37.9 Å². The van der Waals surface area contributed by atoms with Crippen molar-refractivity contribution in [3.05, 3.63) is 23.8 Å². The van der Waals surface area contributed by atoms with Gasteiger partial charge in [0.25, 0.3) is 5.91 Å². The number of hydrogen-bond acceptors (Lipinski definition) is 7. The van der Waals surface area contributed by atoms with Crippen LogP contribution in [0, 0.1) is 0 Å². The topological polar surface area (TPSA) is 117 Å². The highest BCUT2D eigenvalue weighted by atomic mass is 32.2. The second-order valence-corrected chi connectivity index (χ2v) is 7.87. The van der Waals surface area contributed by atoms with Crippen molar-refractivity contribution in [1.29, 1.82) is 0 Å². The molecule has 4 amide bonds. The first kappa shape index (κ1) is 23.8. The highest BCUT2D eigenvalue weighted by molar-refractivity contribution is 7.98. The van der Waals surface area contributed by atoms with E-state index in [-0.39, 0.29) is 43.8 Å². The Bertz CT molecular complexity index is 760. The van der Waals surface area contributed by atoms with E-state index >= 15 is 0 Å². The van der Waals surface area contributed by atoms with Crippen LogP contribution in [0.15, 0.2) is 18.2 Å². The predicted molar refractivity (Wildman–Crippen MR) is 114 cm³/mol. The number of hydrogen-bond donors (Lipinski definition) is 3. The van der Waals surface area contributed by atoms with Gasteiger partial charge >= 0.3 is 6.03 Å². The van der Waals surface area contributed by atoms with E-state index in [1.54, 1.807) is 30.0 Å². The molecule has 0 aliphatic carbocycles. The van der Waals surface area contributed by atoms with Gasteiger partial charge in [0.1, 0.15) is 6.04 Å². The van der Waals surface area contributed by atoms with Crippen molar-refractivity contribution in [3.63, 3.8) is 0 Å². The van der Waals surface area contributed by atoms with Gasteiger partial charge in [0.2, 0.25) is 5.91 Å². The Morgan fingerprint density at radius 3 is 2.67 bits per heavy atom. The Morgan fingerprint density at radius 2 is 2.03 bits per heavy atom. The summed E-state index contributed by atoms with van der Waals surface area (Å²) in [6, 6.07) is 3.63. The van der Waals surface area contributed by atoms with Crippen LogP contribution in [-0.4, -0.2) is 72.8 Å². The SMILES string of the molecule is COc1ccc(CN2C(=O)N[C@@H](CCC(=O)N[C@H](CO)CCSC)C2=O)cc1OC. The molecule has 0 unspecified atom stereocenters. The van der Waals surface area contributed by atoms with Crippen LogP contribution in [0.25, 0.3) is 0 Å². The van der Waals surface area contributed by atoms with Gasteiger partial charge in [-0.3, -0.25) is 14.5 Å². The van der Waals surface area contributed by atoms with Gasteiger partial charge in [-0.2, -0.15) is 11.8 Å². The van der Waals surface area contributed by atoms with Crippen LogP contribution < -0.4 is 20.1 Å². The number of urea groups is 1. The summed E-state index contributed by atoms with van der Waals surface area (Å²) in [6.07, 6.45) is 2.90. The van der Waals surface area contributed by atoms with Crippen LogP contribution in [0.4, 0.5) is 4.79 Å². The summed E-state index contributed by atoms with van der Waals surface area (Å²) in [5.41, 5.74) is 0.717. The third-order valence-electron chi connectivity index (χ3n) is 4.81. The maximum Gasteiger partial charge on any atom is 0.325 e. The van der Waals surface area contributed by atoms with Gasteiger partial charge in [-0.05, 0) is 42.5 Å². The molecule has 0 aromatic heterocycles. The number of thioether (sulfide) groups is 1. The number of aliphatic hydroxyl groups excluding tert-OH is 1. The average Bonchev–Trinajstić information content (AvgIpc) is 3.02. The predicted octanol–water partition coefficient (Wildman–Crippen LogP) is 1.13. The first-order chi connectivity index (χ1) is 14.4. The van der Waals surface area contributed by atoms with E-state index in [1.807, 2.05) is 6.26 Å². The lowest BCUT2D eigenvalue weighted by Gasteiger charge is -2.16. The first-order valence-electron chi connectivity index (χ1n) is 9.65. The van der Waals surface area contributed by atoms with Crippen LogP contribution in [0.2, 0.25) is 0 Å². The molecular formula is C20H29N3O6S. The van der Waals surface area contributed by atoms with Crippen molar-refractivity contribution in [2.24, 2.45) is 0 Å². The van der Waals surface area contributed by atoms with Gasteiger partial charge in [0.05, 0.1) is 33.4 Å². The molecule has 1 heterocycles.